The molecule has 0 aliphatic carbocycles. The number of piperidine rings is 1. The molecule has 1 aromatic carbocycles. The zero-order valence-corrected chi connectivity index (χ0v) is 13.7. The zero-order chi connectivity index (χ0) is 16.1. The van der Waals surface area contributed by atoms with Crippen LogP contribution in [0.15, 0.2) is 54.7 Å². The summed E-state index contributed by atoms with van der Waals surface area (Å²) in [4.78, 5) is 8.89. The molecule has 1 N–H and O–H groups in total. The fourth-order valence-corrected chi connectivity index (χ4v) is 3.39. The Labute approximate surface area is 138 Å². The van der Waals surface area contributed by atoms with Crippen LogP contribution in [0.1, 0.15) is 18.4 Å². The SMILES string of the molecule is CN1CCCC(O)(CN(Cc2ccccc2)c2ccccn2)C1. The molecule has 2 aromatic rings. The smallest absolute Gasteiger partial charge is 0.128 e. The average Bonchev–Trinajstić information content (AvgIpc) is 2.55. The Hall–Kier alpha value is -1.91. The highest BCUT2D eigenvalue weighted by Gasteiger charge is 2.34. The van der Waals surface area contributed by atoms with Gasteiger partial charge in [-0.15, -0.1) is 0 Å². The van der Waals surface area contributed by atoms with Gasteiger partial charge >= 0.3 is 0 Å². The van der Waals surface area contributed by atoms with E-state index in [4.69, 9.17) is 0 Å². The van der Waals surface area contributed by atoms with E-state index < -0.39 is 5.60 Å². The highest BCUT2D eigenvalue weighted by atomic mass is 16.3. The van der Waals surface area contributed by atoms with Crippen molar-refractivity contribution >= 4 is 5.82 Å². The number of benzene rings is 1. The van der Waals surface area contributed by atoms with Crippen LogP contribution in [-0.4, -0.2) is 47.3 Å². The maximum absolute atomic E-state index is 11.0. The summed E-state index contributed by atoms with van der Waals surface area (Å²) in [6, 6.07) is 16.3. The number of hydrogen-bond acceptors (Lipinski definition) is 4. The average molecular weight is 311 g/mol. The van der Waals surface area contributed by atoms with E-state index in [0.717, 1.165) is 31.7 Å². The molecule has 0 bridgehead atoms. The normalized spacial score (nSPS) is 22.0. The summed E-state index contributed by atoms with van der Waals surface area (Å²) in [5, 5.41) is 11.0. The van der Waals surface area contributed by atoms with Crippen molar-refractivity contribution in [1.29, 1.82) is 0 Å². The Kier molecular flexibility index (Phi) is 4.94. The van der Waals surface area contributed by atoms with Crippen LogP contribution in [0.25, 0.3) is 0 Å². The van der Waals surface area contributed by atoms with Gasteiger partial charge in [0, 0.05) is 25.8 Å². The Morgan fingerprint density at radius 2 is 1.96 bits per heavy atom. The van der Waals surface area contributed by atoms with Gasteiger partial charge in [-0.3, -0.25) is 0 Å². The van der Waals surface area contributed by atoms with Crippen LogP contribution < -0.4 is 4.90 Å². The molecule has 0 radical (unpaired) electrons. The van der Waals surface area contributed by atoms with Crippen molar-refractivity contribution in [3.8, 4) is 0 Å². The van der Waals surface area contributed by atoms with E-state index in [2.05, 4.69) is 46.1 Å². The van der Waals surface area contributed by atoms with Crippen LogP contribution >= 0.6 is 0 Å². The Bertz CT molecular complexity index is 605. The summed E-state index contributed by atoms with van der Waals surface area (Å²) in [5.41, 5.74) is 0.546. The minimum atomic E-state index is -0.681. The molecular weight excluding hydrogens is 286 g/mol. The summed E-state index contributed by atoms with van der Waals surface area (Å²) in [5.74, 6) is 0.915. The number of pyridine rings is 1. The molecular formula is C19H25N3O. The van der Waals surface area contributed by atoms with Crippen LogP contribution in [0, 0.1) is 0 Å². The van der Waals surface area contributed by atoms with Crippen molar-refractivity contribution in [2.75, 3.05) is 31.6 Å². The quantitative estimate of drug-likeness (QED) is 0.921. The molecule has 0 amide bonds. The number of hydrogen-bond donors (Lipinski definition) is 1. The van der Waals surface area contributed by atoms with Crippen LogP contribution in [0.2, 0.25) is 0 Å². The molecule has 0 spiro atoms. The Morgan fingerprint density at radius 3 is 2.65 bits per heavy atom. The van der Waals surface area contributed by atoms with E-state index in [0.29, 0.717) is 13.1 Å². The predicted octanol–water partition coefficient (Wildman–Crippen LogP) is 2.54. The minimum Gasteiger partial charge on any atom is -0.387 e. The molecule has 1 aliphatic heterocycles. The number of rotatable bonds is 5. The number of likely N-dealkylation sites (tertiary alicyclic amines) is 1. The Balaban J connectivity index is 1.80. The van der Waals surface area contributed by atoms with Gasteiger partial charge in [0.15, 0.2) is 0 Å². The molecule has 1 saturated heterocycles. The lowest BCUT2D eigenvalue weighted by Gasteiger charge is -2.41. The number of β-amino-alcohol motifs (C(OH)–C–C–N with tert-alkyl or cyclic N) is 1. The Morgan fingerprint density at radius 1 is 1.17 bits per heavy atom. The lowest BCUT2D eigenvalue weighted by molar-refractivity contribution is -0.0168. The molecule has 1 aromatic heterocycles. The molecule has 122 valence electrons. The molecule has 4 heteroatoms. The number of nitrogens with zero attached hydrogens (tertiary/aromatic N) is 3. The highest BCUT2D eigenvalue weighted by molar-refractivity contribution is 5.40. The number of likely N-dealkylation sites (N-methyl/N-ethyl adjacent to an activating group) is 1. The largest absolute Gasteiger partial charge is 0.387 e. The standard InChI is InChI=1S/C19H25N3O/c1-21-13-7-11-19(23,15-21)16-22(18-10-5-6-12-20-18)14-17-8-3-2-4-9-17/h2-6,8-10,12,23H,7,11,13-16H2,1H3. The summed E-state index contributed by atoms with van der Waals surface area (Å²) in [7, 11) is 2.08. The van der Waals surface area contributed by atoms with Crippen LogP contribution in [0.3, 0.4) is 0 Å². The van der Waals surface area contributed by atoms with E-state index in [1.807, 2.05) is 30.5 Å². The van der Waals surface area contributed by atoms with Gasteiger partial charge in [-0.05, 0) is 44.1 Å². The van der Waals surface area contributed by atoms with Crippen molar-refractivity contribution in [1.82, 2.24) is 9.88 Å². The van der Waals surface area contributed by atoms with Crippen molar-refractivity contribution < 1.29 is 5.11 Å². The topological polar surface area (TPSA) is 39.6 Å². The maximum Gasteiger partial charge on any atom is 0.128 e. The van der Waals surface area contributed by atoms with Gasteiger partial charge in [-0.2, -0.15) is 0 Å². The zero-order valence-electron chi connectivity index (χ0n) is 13.7. The summed E-state index contributed by atoms with van der Waals surface area (Å²) >= 11 is 0. The fraction of sp³-hybridized carbons (Fsp3) is 0.421. The maximum atomic E-state index is 11.0. The molecule has 1 unspecified atom stereocenters. The van der Waals surface area contributed by atoms with Gasteiger partial charge in [0.05, 0.1) is 5.60 Å². The van der Waals surface area contributed by atoms with Gasteiger partial charge in [0.2, 0.25) is 0 Å². The second-order valence-corrected chi connectivity index (χ2v) is 6.60. The molecule has 1 fully saturated rings. The lowest BCUT2D eigenvalue weighted by Crippen LogP contribution is -2.53. The molecule has 3 rings (SSSR count). The van der Waals surface area contributed by atoms with Gasteiger partial charge < -0.3 is 14.9 Å². The fourth-order valence-electron chi connectivity index (χ4n) is 3.39. The molecule has 2 heterocycles. The van der Waals surface area contributed by atoms with Crippen molar-refractivity contribution in [2.45, 2.75) is 25.0 Å². The third kappa shape index (κ3) is 4.30. The first kappa shape index (κ1) is 16.0. The van der Waals surface area contributed by atoms with E-state index in [-0.39, 0.29) is 0 Å². The minimum absolute atomic E-state index is 0.600. The van der Waals surface area contributed by atoms with Gasteiger partial charge in [0.1, 0.15) is 5.82 Å². The second-order valence-electron chi connectivity index (χ2n) is 6.60. The predicted molar refractivity (Wildman–Crippen MR) is 93.4 cm³/mol. The monoisotopic (exact) mass is 311 g/mol. The molecule has 23 heavy (non-hydrogen) atoms. The van der Waals surface area contributed by atoms with Crippen LogP contribution in [0.4, 0.5) is 5.82 Å². The van der Waals surface area contributed by atoms with Crippen molar-refractivity contribution in [3.63, 3.8) is 0 Å². The number of anilines is 1. The van der Waals surface area contributed by atoms with Crippen molar-refractivity contribution in [2.24, 2.45) is 0 Å². The van der Waals surface area contributed by atoms with Crippen LogP contribution in [0.5, 0.6) is 0 Å². The first-order valence-corrected chi connectivity index (χ1v) is 8.25. The van der Waals surface area contributed by atoms with E-state index in [9.17, 15) is 5.11 Å². The third-order valence-electron chi connectivity index (χ3n) is 4.42. The molecule has 0 saturated carbocycles. The molecule has 4 nitrogen and oxygen atoms in total. The summed E-state index contributed by atoms with van der Waals surface area (Å²) < 4.78 is 0. The van der Waals surface area contributed by atoms with Crippen molar-refractivity contribution in [3.05, 3.63) is 60.3 Å². The summed E-state index contributed by atoms with van der Waals surface area (Å²) in [6.07, 6.45) is 3.69. The first-order chi connectivity index (χ1) is 11.1. The molecule has 1 aliphatic rings. The second kappa shape index (κ2) is 7.11. The van der Waals surface area contributed by atoms with Gasteiger partial charge in [-0.1, -0.05) is 36.4 Å². The van der Waals surface area contributed by atoms with E-state index in [1.165, 1.54) is 5.56 Å². The number of aliphatic hydroxyl groups is 1. The first-order valence-electron chi connectivity index (χ1n) is 8.25. The van der Waals surface area contributed by atoms with E-state index in [1.54, 1.807) is 0 Å². The highest BCUT2D eigenvalue weighted by Crippen LogP contribution is 2.24. The van der Waals surface area contributed by atoms with Gasteiger partial charge in [-0.25, -0.2) is 4.98 Å². The lowest BCUT2D eigenvalue weighted by atomic mass is 9.92. The van der Waals surface area contributed by atoms with Gasteiger partial charge in [0.25, 0.3) is 0 Å². The molecule has 1 atom stereocenters. The number of aromatic nitrogens is 1. The summed E-state index contributed by atoms with van der Waals surface area (Å²) in [6.45, 7) is 3.13. The van der Waals surface area contributed by atoms with Crippen LogP contribution in [-0.2, 0) is 6.54 Å². The third-order valence-corrected chi connectivity index (χ3v) is 4.42. The van der Waals surface area contributed by atoms with E-state index >= 15 is 0 Å².